The number of nitro benzene ring substituents is 1. The first-order valence-corrected chi connectivity index (χ1v) is 8.73. The van der Waals surface area contributed by atoms with Crippen molar-refractivity contribution in [3.63, 3.8) is 0 Å². The molecule has 0 radical (unpaired) electrons. The Kier molecular flexibility index (Phi) is 4.03. The van der Waals surface area contributed by atoms with Gasteiger partial charge in [0.1, 0.15) is 0 Å². The molecule has 6 heteroatoms. The first-order chi connectivity index (χ1) is 12.6. The fourth-order valence-corrected chi connectivity index (χ4v) is 4.21. The minimum Gasteiger partial charge on any atom is -0.274 e. The van der Waals surface area contributed by atoms with Crippen LogP contribution in [0.1, 0.15) is 30.7 Å². The van der Waals surface area contributed by atoms with E-state index < -0.39 is 4.92 Å². The number of amides is 2. The normalized spacial score (nSPS) is 25.2. The van der Waals surface area contributed by atoms with Gasteiger partial charge in [-0.15, -0.1) is 0 Å². The fourth-order valence-electron chi connectivity index (χ4n) is 4.21. The molecule has 1 aliphatic heterocycles. The highest BCUT2D eigenvalue weighted by atomic mass is 16.6. The maximum atomic E-state index is 12.9. The SMILES string of the molecule is O=C1[C@H]2CC[C@@H](c3ccccc3)C[C@@H]2C(=O)N1c1cccc([N+](=O)[O-])c1. The van der Waals surface area contributed by atoms with Gasteiger partial charge in [0.05, 0.1) is 22.4 Å². The van der Waals surface area contributed by atoms with Crippen LogP contribution in [-0.2, 0) is 9.59 Å². The molecule has 1 saturated carbocycles. The smallest absolute Gasteiger partial charge is 0.271 e. The minimum absolute atomic E-state index is 0.125. The van der Waals surface area contributed by atoms with E-state index in [-0.39, 0.29) is 35.3 Å². The molecule has 26 heavy (non-hydrogen) atoms. The summed E-state index contributed by atoms with van der Waals surface area (Å²) in [6, 6.07) is 15.8. The lowest BCUT2D eigenvalue weighted by Crippen LogP contribution is -2.30. The molecule has 4 rings (SSSR count). The molecule has 1 aliphatic carbocycles. The third kappa shape index (κ3) is 2.67. The Bertz CT molecular complexity index is 880. The number of rotatable bonds is 3. The third-order valence-electron chi connectivity index (χ3n) is 5.50. The van der Waals surface area contributed by atoms with Crippen molar-refractivity contribution in [1.29, 1.82) is 0 Å². The highest BCUT2D eigenvalue weighted by Gasteiger charge is 2.50. The molecule has 2 aliphatic rings. The molecule has 0 bridgehead atoms. The number of carbonyl (C=O) groups excluding carboxylic acids is 2. The van der Waals surface area contributed by atoms with Gasteiger partial charge in [-0.2, -0.15) is 0 Å². The molecule has 0 aromatic heterocycles. The lowest BCUT2D eigenvalue weighted by Gasteiger charge is -2.28. The largest absolute Gasteiger partial charge is 0.274 e. The maximum Gasteiger partial charge on any atom is 0.271 e. The highest BCUT2D eigenvalue weighted by Crippen LogP contribution is 2.45. The molecule has 1 heterocycles. The summed E-state index contributed by atoms with van der Waals surface area (Å²) in [5, 5.41) is 11.0. The number of nitrogens with zero attached hydrogens (tertiary/aromatic N) is 2. The minimum atomic E-state index is -0.521. The van der Waals surface area contributed by atoms with Crippen LogP contribution in [0.3, 0.4) is 0 Å². The van der Waals surface area contributed by atoms with Gasteiger partial charge in [-0.1, -0.05) is 36.4 Å². The molecule has 2 aromatic carbocycles. The Hall–Kier alpha value is -3.02. The van der Waals surface area contributed by atoms with Crippen molar-refractivity contribution in [2.24, 2.45) is 11.8 Å². The standard InChI is InChI=1S/C20H18N2O4/c23-19-17-10-9-14(13-5-2-1-3-6-13)11-18(17)20(24)21(19)15-7-4-8-16(12-15)22(25)26/h1-8,12,14,17-18H,9-11H2/t14-,17+,18+/m1/s1. The Labute approximate surface area is 150 Å². The fraction of sp³-hybridized carbons (Fsp3) is 0.300. The predicted molar refractivity (Wildman–Crippen MR) is 95.6 cm³/mol. The van der Waals surface area contributed by atoms with E-state index in [0.717, 1.165) is 11.3 Å². The molecule has 6 nitrogen and oxygen atoms in total. The third-order valence-corrected chi connectivity index (χ3v) is 5.50. The lowest BCUT2D eigenvalue weighted by atomic mass is 9.73. The number of imide groups is 1. The molecular weight excluding hydrogens is 332 g/mol. The summed E-state index contributed by atoms with van der Waals surface area (Å²) in [5.74, 6) is -0.866. The number of nitro groups is 1. The molecule has 0 spiro atoms. The average Bonchev–Trinajstić information content (AvgIpc) is 2.92. The van der Waals surface area contributed by atoms with Crippen molar-refractivity contribution in [2.45, 2.75) is 25.2 Å². The van der Waals surface area contributed by atoms with Crippen molar-refractivity contribution in [1.82, 2.24) is 0 Å². The second kappa shape index (κ2) is 6.37. The van der Waals surface area contributed by atoms with Crippen LogP contribution in [0.15, 0.2) is 54.6 Å². The highest BCUT2D eigenvalue weighted by molar-refractivity contribution is 6.22. The predicted octanol–water partition coefficient (Wildman–Crippen LogP) is 3.67. The van der Waals surface area contributed by atoms with Crippen molar-refractivity contribution >= 4 is 23.2 Å². The Balaban J connectivity index is 1.61. The van der Waals surface area contributed by atoms with Crippen LogP contribution in [0, 0.1) is 22.0 Å². The molecule has 2 amide bonds. The average molecular weight is 350 g/mol. The van der Waals surface area contributed by atoms with E-state index >= 15 is 0 Å². The van der Waals surface area contributed by atoms with Gasteiger partial charge in [0.2, 0.25) is 11.8 Å². The van der Waals surface area contributed by atoms with Gasteiger partial charge in [-0.05, 0) is 36.8 Å². The van der Waals surface area contributed by atoms with Crippen LogP contribution in [0.2, 0.25) is 0 Å². The van der Waals surface area contributed by atoms with Gasteiger partial charge in [-0.3, -0.25) is 19.7 Å². The molecule has 0 N–H and O–H groups in total. The first kappa shape index (κ1) is 16.4. The van der Waals surface area contributed by atoms with E-state index in [1.54, 1.807) is 6.07 Å². The molecule has 2 aromatic rings. The molecule has 132 valence electrons. The van der Waals surface area contributed by atoms with E-state index in [4.69, 9.17) is 0 Å². The number of non-ortho nitro benzene ring substituents is 1. The van der Waals surface area contributed by atoms with Crippen LogP contribution in [0.25, 0.3) is 0 Å². The Morgan fingerprint density at radius 3 is 2.38 bits per heavy atom. The second-order valence-corrected chi connectivity index (χ2v) is 6.92. The number of fused-ring (bicyclic) bond motifs is 1. The van der Waals surface area contributed by atoms with Crippen molar-refractivity contribution in [2.75, 3.05) is 4.90 Å². The molecule has 0 unspecified atom stereocenters. The van der Waals surface area contributed by atoms with Crippen molar-refractivity contribution < 1.29 is 14.5 Å². The second-order valence-electron chi connectivity index (χ2n) is 6.92. The molecular formula is C20H18N2O4. The zero-order valence-electron chi connectivity index (χ0n) is 14.1. The number of hydrogen-bond acceptors (Lipinski definition) is 4. The van der Waals surface area contributed by atoms with Crippen molar-refractivity contribution in [3.8, 4) is 0 Å². The van der Waals surface area contributed by atoms with Crippen LogP contribution < -0.4 is 4.90 Å². The summed E-state index contributed by atoms with van der Waals surface area (Å²) in [6.45, 7) is 0. The summed E-state index contributed by atoms with van der Waals surface area (Å²) in [4.78, 5) is 37.4. The Morgan fingerprint density at radius 1 is 0.923 bits per heavy atom. The summed E-state index contributed by atoms with van der Waals surface area (Å²) < 4.78 is 0. The summed E-state index contributed by atoms with van der Waals surface area (Å²) in [5.41, 5.74) is 1.36. The van der Waals surface area contributed by atoms with Gasteiger partial charge in [0, 0.05) is 12.1 Å². The van der Waals surface area contributed by atoms with Crippen LogP contribution in [-0.4, -0.2) is 16.7 Å². The van der Waals surface area contributed by atoms with Gasteiger partial charge < -0.3 is 0 Å². The quantitative estimate of drug-likeness (QED) is 0.480. The van der Waals surface area contributed by atoms with Crippen LogP contribution in [0.4, 0.5) is 11.4 Å². The maximum absolute atomic E-state index is 12.9. The lowest BCUT2D eigenvalue weighted by molar-refractivity contribution is -0.384. The van der Waals surface area contributed by atoms with Gasteiger partial charge in [0.25, 0.3) is 5.69 Å². The van der Waals surface area contributed by atoms with E-state index in [2.05, 4.69) is 12.1 Å². The van der Waals surface area contributed by atoms with Crippen LogP contribution >= 0.6 is 0 Å². The van der Waals surface area contributed by atoms with Gasteiger partial charge in [-0.25, -0.2) is 4.90 Å². The zero-order chi connectivity index (χ0) is 18.3. The van der Waals surface area contributed by atoms with Crippen LogP contribution in [0.5, 0.6) is 0 Å². The summed E-state index contributed by atoms with van der Waals surface area (Å²) in [7, 11) is 0. The number of anilines is 1. The van der Waals surface area contributed by atoms with E-state index in [9.17, 15) is 19.7 Å². The summed E-state index contributed by atoms with van der Waals surface area (Å²) >= 11 is 0. The molecule has 3 atom stereocenters. The monoisotopic (exact) mass is 350 g/mol. The van der Waals surface area contributed by atoms with E-state index in [1.807, 2.05) is 18.2 Å². The summed E-state index contributed by atoms with van der Waals surface area (Å²) in [6.07, 6.45) is 2.18. The van der Waals surface area contributed by atoms with E-state index in [0.29, 0.717) is 18.5 Å². The zero-order valence-corrected chi connectivity index (χ0v) is 14.1. The molecule has 2 fully saturated rings. The van der Waals surface area contributed by atoms with E-state index in [1.165, 1.54) is 23.8 Å². The number of carbonyl (C=O) groups is 2. The first-order valence-electron chi connectivity index (χ1n) is 8.73. The molecule has 1 saturated heterocycles. The van der Waals surface area contributed by atoms with Gasteiger partial charge in [0.15, 0.2) is 0 Å². The van der Waals surface area contributed by atoms with Gasteiger partial charge >= 0.3 is 0 Å². The topological polar surface area (TPSA) is 80.5 Å². The Morgan fingerprint density at radius 2 is 1.65 bits per heavy atom. The number of benzene rings is 2. The number of hydrogen-bond donors (Lipinski definition) is 0. The van der Waals surface area contributed by atoms with Crippen molar-refractivity contribution in [3.05, 3.63) is 70.3 Å².